The van der Waals surface area contributed by atoms with Gasteiger partial charge >= 0.3 is 6.09 Å². The molecule has 0 spiro atoms. The molecule has 18 heteroatoms. The fourth-order valence-corrected chi connectivity index (χ4v) is 5.83. The summed E-state index contributed by atoms with van der Waals surface area (Å²) in [7, 11) is 0. The molecule has 6 amide bonds. The number of carbonyl (C=O) groups excluding carboxylic acids is 6. The highest BCUT2D eigenvalue weighted by Gasteiger charge is 2.41. The average Bonchev–Trinajstić information content (AvgIpc) is 3.10. The number of ether oxygens (including phenoxy) is 4. The van der Waals surface area contributed by atoms with Crippen molar-refractivity contribution >= 4 is 35.6 Å². The number of amides is 6. The second-order valence-corrected chi connectivity index (χ2v) is 19.1. The Hall–Kier alpha value is -4.20. The van der Waals surface area contributed by atoms with E-state index in [-0.39, 0.29) is 13.0 Å². The second-order valence-electron chi connectivity index (χ2n) is 19.1. The van der Waals surface area contributed by atoms with Crippen molar-refractivity contribution < 1.29 is 47.7 Å². The van der Waals surface area contributed by atoms with Crippen molar-refractivity contribution in [3.05, 3.63) is 35.9 Å². The normalized spacial score (nSPS) is 15.8. The molecule has 1 aromatic carbocycles. The third-order valence-electron chi connectivity index (χ3n) is 8.44. The Morgan fingerprint density at radius 3 is 1.66 bits per heavy atom. The highest BCUT2D eigenvalue weighted by Crippen LogP contribution is 2.18. The Morgan fingerprint density at radius 2 is 1.16 bits per heavy atom. The summed E-state index contributed by atoms with van der Waals surface area (Å²) < 4.78 is 23.3. The predicted molar refractivity (Wildman–Crippen MR) is 232 cm³/mol. The maximum atomic E-state index is 14.6. The lowest BCUT2D eigenvalue weighted by molar-refractivity contribution is -0.158. The van der Waals surface area contributed by atoms with Crippen LogP contribution < -0.4 is 38.6 Å². The van der Waals surface area contributed by atoms with Crippen molar-refractivity contribution in [2.24, 2.45) is 17.2 Å². The quantitative estimate of drug-likeness (QED) is 0.0735. The molecule has 10 N–H and O–H groups in total. The number of carbonyl (C=O) groups is 6. The third-order valence-corrected chi connectivity index (χ3v) is 8.44. The van der Waals surface area contributed by atoms with Crippen molar-refractivity contribution in [3.63, 3.8) is 0 Å². The van der Waals surface area contributed by atoms with Crippen LogP contribution in [0.5, 0.6) is 0 Å². The van der Waals surface area contributed by atoms with E-state index in [1.165, 1.54) is 6.92 Å². The fourth-order valence-electron chi connectivity index (χ4n) is 5.83. The Kier molecular flexibility index (Phi) is 21.4. The van der Waals surface area contributed by atoms with Crippen molar-refractivity contribution in [1.82, 2.24) is 26.4 Å². The minimum Gasteiger partial charge on any atom is -0.443 e. The number of imide groups is 1. The summed E-state index contributed by atoms with van der Waals surface area (Å²) >= 11 is 0. The fraction of sp³-hybridized carbons (Fsp3) is 0.721. The Labute approximate surface area is 362 Å². The van der Waals surface area contributed by atoms with Crippen LogP contribution in [0.15, 0.2) is 30.3 Å². The molecule has 0 radical (unpaired) electrons. The highest BCUT2D eigenvalue weighted by molar-refractivity contribution is 6.03. The zero-order valence-electron chi connectivity index (χ0n) is 38.9. The molecule has 61 heavy (non-hydrogen) atoms. The maximum Gasteiger partial charge on any atom is 0.427 e. The van der Waals surface area contributed by atoms with Gasteiger partial charge in [0.2, 0.25) is 17.7 Å². The maximum absolute atomic E-state index is 14.6. The van der Waals surface area contributed by atoms with E-state index in [4.69, 9.17) is 36.1 Å². The van der Waals surface area contributed by atoms with Gasteiger partial charge in [0.15, 0.2) is 0 Å². The predicted octanol–water partition coefficient (Wildman–Crippen LogP) is 2.48. The molecule has 1 rings (SSSR count). The van der Waals surface area contributed by atoms with Crippen LogP contribution in [-0.4, -0.2) is 119 Å². The lowest BCUT2D eigenvalue weighted by atomic mass is 10.0. The van der Waals surface area contributed by atoms with Gasteiger partial charge in [0.05, 0.1) is 41.7 Å². The van der Waals surface area contributed by atoms with Crippen molar-refractivity contribution in [2.45, 2.75) is 187 Å². The second kappa shape index (κ2) is 23.9. The van der Waals surface area contributed by atoms with Crippen LogP contribution >= 0.6 is 0 Å². The molecule has 0 aliphatic rings. The zero-order valence-corrected chi connectivity index (χ0v) is 38.9. The van der Waals surface area contributed by atoms with Gasteiger partial charge in [0.25, 0.3) is 11.8 Å². The Bertz CT molecular complexity index is 1580. The summed E-state index contributed by atoms with van der Waals surface area (Å²) in [5.41, 5.74) is 17.5. The number of hydrazine groups is 1. The van der Waals surface area contributed by atoms with Gasteiger partial charge in [-0.2, -0.15) is 5.01 Å². The number of hydrogen-bond donors (Lipinski definition) is 7. The molecule has 0 saturated heterocycles. The summed E-state index contributed by atoms with van der Waals surface area (Å²) in [5.74, 6) is -4.43. The monoisotopic (exact) mass is 865 g/mol. The molecule has 7 atom stereocenters. The van der Waals surface area contributed by atoms with Crippen LogP contribution in [0.1, 0.15) is 122 Å². The number of hydrogen-bond acceptors (Lipinski definition) is 13. The average molecular weight is 865 g/mol. The van der Waals surface area contributed by atoms with Gasteiger partial charge < -0.3 is 52.1 Å². The minimum absolute atomic E-state index is 0.0740. The van der Waals surface area contributed by atoms with Crippen molar-refractivity contribution in [2.75, 3.05) is 13.2 Å². The van der Waals surface area contributed by atoms with Crippen LogP contribution in [0.3, 0.4) is 0 Å². The first-order valence-electron chi connectivity index (χ1n) is 20.9. The van der Waals surface area contributed by atoms with E-state index in [1.807, 2.05) is 0 Å². The zero-order chi connectivity index (χ0) is 47.1. The summed E-state index contributed by atoms with van der Waals surface area (Å²) in [6.45, 7) is 23.8. The molecule has 0 unspecified atom stereocenters. The number of rotatable bonds is 20. The molecule has 0 aliphatic heterocycles. The van der Waals surface area contributed by atoms with Crippen LogP contribution in [0.2, 0.25) is 0 Å². The summed E-state index contributed by atoms with van der Waals surface area (Å²) in [6, 6.07) is 2.03. The first-order valence-corrected chi connectivity index (χ1v) is 20.9. The molecule has 0 fully saturated rings. The van der Waals surface area contributed by atoms with E-state index in [0.29, 0.717) is 36.4 Å². The van der Waals surface area contributed by atoms with Crippen LogP contribution in [0.4, 0.5) is 4.79 Å². The largest absolute Gasteiger partial charge is 0.443 e. The number of nitrogens with two attached hydrogens (primary N) is 3. The molecule has 0 heterocycles. The molecule has 0 saturated carbocycles. The van der Waals surface area contributed by atoms with Gasteiger partial charge in [-0.15, -0.1) is 0 Å². The molecule has 0 aliphatic carbocycles. The van der Waals surface area contributed by atoms with Gasteiger partial charge in [0.1, 0.15) is 29.8 Å². The Morgan fingerprint density at radius 1 is 0.639 bits per heavy atom. The molecular formula is C43H76N8O10. The number of unbranched alkanes of at least 4 members (excludes halogenated alkanes) is 1. The van der Waals surface area contributed by atoms with Crippen LogP contribution in [0, 0.1) is 0 Å². The molecule has 348 valence electrons. The first-order chi connectivity index (χ1) is 27.8. The highest BCUT2D eigenvalue weighted by atomic mass is 16.6. The van der Waals surface area contributed by atoms with Crippen molar-refractivity contribution in [3.8, 4) is 0 Å². The number of nitrogens with one attached hydrogen (secondary N) is 4. The first kappa shape index (κ1) is 54.8. The summed E-state index contributed by atoms with van der Waals surface area (Å²) in [4.78, 5) is 83.9. The van der Waals surface area contributed by atoms with Gasteiger partial charge in [-0.25, -0.2) is 10.2 Å². The number of benzene rings is 1. The Balaban J connectivity index is 3.80. The lowest BCUT2D eigenvalue weighted by Crippen LogP contribution is -2.66. The van der Waals surface area contributed by atoms with E-state index in [9.17, 15) is 28.8 Å². The topological polar surface area (TPSA) is 269 Å². The lowest BCUT2D eigenvalue weighted by Gasteiger charge is -2.35. The van der Waals surface area contributed by atoms with Gasteiger partial charge in [-0.3, -0.25) is 24.0 Å². The van der Waals surface area contributed by atoms with E-state index in [1.54, 1.807) is 120 Å². The molecule has 18 nitrogen and oxygen atoms in total. The van der Waals surface area contributed by atoms with Crippen LogP contribution in [0.25, 0.3) is 0 Å². The van der Waals surface area contributed by atoms with Crippen LogP contribution in [-0.2, 0) is 49.3 Å². The SMILES string of the molecule is C[C@@H](OC(C)(C)C)[C@H](NC(=O)[C@@H](N)CCCCN)C(=O)N[C@@H](Cc1ccccc1)C(=O)N[C@H](C(=O)N(NC(=O)OC(C)(C)C)C(=O)[C@@H](N)COC(C)(C)C)[C@@H](C)OC(C)(C)C. The standard InChI is InChI=1S/C43H76N8O10/c1-26(59-41(6,7)8)32(48-34(52)29(45)22-18-19-23-44)36(54)47-31(24-28-20-16-15-17-21-28)35(53)49-33(27(2)60-42(9,10)11)38(56)51(50-39(57)61-43(12,13)14)37(55)30(46)25-58-40(3,4)5/h15-17,20-21,26-27,29-33H,18-19,22-25,44-46H2,1-14H3,(H,47,54)(H,48,52)(H,49,53)(H,50,57)/t26-,27-,29+,30+,31+,32+,33+/m1/s1. The summed E-state index contributed by atoms with van der Waals surface area (Å²) in [5, 5.41) is 8.53. The third kappa shape index (κ3) is 21.9. The van der Waals surface area contributed by atoms with E-state index < -0.39 is 100 Å². The van der Waals surface area contributed by atoms with Crippen molar-refractivity contribution in [1.29, 1.82) is 0 Å². The summed E-state index contributed by atoms with van der Waals surface area (Å²) in [6.07, 6.45) is -1.69. The van der Waals surface area contributed by atoms with Gasteiger partial charge in [-0.1, -0.05) is 36.8 Å². The van der Waals surface area contributed by atoms with Gasteiger partial charge in [-0.05, 0) is 122 Å². The molecule has 0 aromatic heterocycles. The van der Waals surface area contributed by atoms with E-state index in [0.717, 1.165) is 0 Å². The molecule has 0 bridgehead atoms. The number of nitrogens with zero attached hydrogens (tertiary/aromatic N) is 1. The van der Waals surface area contributed by atoms with E-state index in [2.05, 4.69) is 21.4 Å². The van der Waals surface area contributed by atoms with Gasteiger partial charge in [0, 0.05) is 6.42 Å². The smallest absolute Gasteiger partial charge is 0.427 e. The minimum atomic E-state index is -1.67. The van der Waals surface area contributed by atoms with E-state index >= 15 is 0 Å². The molecule has 1 aromatic rings. The molecular weight excluding hydrogens is 789 g/mol.